The number of pyridine rings is 1. The van der Waals surface area contributed by atoms with E-state index in [4.69, 9.17) is 5.73 Å². The number of rotatable bonds is 5. The van der Waals surface area contributed by atoms with E-state index in [1.807, 2.05) is 49.1 Å². The zero-order chi connectivity index (χ0) is 14.5. The van der Waals surface area contributed by atoms with Crippen LogP contribution < -0.4 is 5.73 Å². The lowest BCUT2D eigenvalue weighted by molar-refractivity contribution is 0.0701. The lowest BCUT2D eigenvalue weighted by Crippen LogP contribution is -2.38. The second-order valence-electron chi connectivity index (χ2n) is 5.12. The molecule has 1 aromatic heterocycles. The van der Waals surface area contributed by atoms with Crippen molar-refractivity contribution in [2.45, 2.75) is 26.3 Å². The van der Waals surface area contributed by atoms with E-state index in [2.05, 4.69) is 4.98 Å². The van der Waals surface area contributed by atoms with Crippen LogP contribution >= 0.6 is 0 Å². The van der Waals surface area contributed by atoms with Gasteiger partial charge in [-0.15, -0.1) is 0 Å². The molecule has 1 aromatic carbocycles. The van der Waals surface area contributed by atoms with Crippen molar-refractivity contribution in [3.63, 3.8) is 0 Å². The maximum Gasteiger partial charge on any atom is 0.273 e. The molecular weight excluding hydrogens is 250 g/mol. The Balaban J connectivity index is 2.38. The monoisotopic (exact) mass is 271 g/mol. The number of amides is 1. The summed E-state index contributed by atoms with van der Waals surface area (Å²) >= 11 is 0. The van der Waals surface area contributed by atoms with E-state index in [0.29, 0.717) is 18.8 Å². The first kappa shape index (κ1) is 14.5. The molecular formula is C16H21N3O. The molecule has 0 aliphatic carbocycles. The summed E-state index contributed by atoms with van der Waals surface area (Å²) in [7, 11) is 0. The number of hydrogen-bond acceptors (Lipinski definition) is 3. The van der Waals surface area contributed by atoms with Crippen LogP contribution in [0.2, 0.25) is 0 Å². The molecule has 0 unspecified atom stereocenters. The number of benzene rings is 1. The van der Waals surface area contributed by atoms with E-state index in [-0.39, 0.29) is 11.9 Å². The van der Waals surface area contributed by atoms with Gasteiger partial charge in [0.25, 0.3) is 5.91 Å². The van der Waals surface area contributed by atoms with Crippen LogP contribution in [0, 0.1) is 0 Å². The minimum Gasteiger partial charge on any atom is -0.335 e. The van der Waals surface area contributed by atoms with Gasteiger partial charge >= 0.3 is 0 Å². The predicted molar refractivity (Wildman–Crippen MR) is 81.6 cm³/mol. The molecule has 0 aliphatic rings. The van der Waals surface area contributed by atoms with Crippen LogP contribution in [0.25, 0.3) is 10.8 Å². The Morgan fingerprint density at radius 2 is 2.05 bits per heavy atom. The lowest BCUT2D eigenvalue weighted by Gasteiger charge is -2.26. The lowest BCUT2D eigenvalue weighted by atomic mass is 10.1. The number of nitrogens with two attached hydrogens (primary N) is 1. The second-order valence-corrected chi connectivity index (χ2v) is 5.12. The summed E-state index contributed by atoms with van der Waals surface area (Å²) in [5.74, 6) is -0.0229. The molecule has 0 fully saturated rings. The zero-order valence-corrected chi connectivity index (χ0v) is 12.0. The third kappa shape index (κ3) is 2.96. The molecule has 1 amide bonds. The van der Waals surface area contributed by atoms with Crippen LogP contribution in [-0.4, -0.2) is 34.9 Å². The first-order valence-corrected chi connectivity index (χ1v) is 7.00. The Kier molecular flexibility index (Phi) is 4.69. The van der Waals surface area contributed by atoms with Crippen molar-refractivity contribution in [1.82, 2.24) is 9.88 Å². The van der Waals surface area contributed by atoms with Crippen LogP contribution in [0.3, 0.4) is 0 Å². The smallest absolute Gasteiger partial charge is 0.273 e. The minimum absolute atomic E-state index is 0.0229. The van der Waals surface area contributed by atoms with E-state index in [1.165, 1.54) is 0 Å². The summed E-state index contributed by atoms with van der Waals surface area (Å²) in [6.07, 6.45) is 2.49. The van der Waals surface area contributed by atoms with Crippen molar-refractivity contribution in [1.29, 1.82) is 0 Å². The fourth-order valence-corrected chi connectivity index (χ4v) is 2.28. The summed E-state index contributed by atoms with van der Waals surface area (Å²) in [4.78, 5) is 18.9. The fraction of sp³-hybridized carbons (Fsp3) is 0.375. The van der Waals surface area contributed by atoms with Gasteiger partial charge in [0.1, 0.15) is 5.69 Å². The zero-order valence-electron chi connectivity index (χ0n) is 12.0. The van der Waals surface area contributed by atoms with Crippen molar-refractivity contribution in [2.75, 3.05) is 13.1 Å². The minimum atomic E-state index is -0.0229. The molecule has 4 heteroatoms. The molecule has 0 saturated carbocycles. The Morgan fingerprint density at radius 1 is 1.30 bits per heavy atom. The van der Waals surface area contributed by atoms with Gasteiger partial charge in [-0.1, -0.05) is 24.3 Å². The average molecular weight is 271 g/mol. The number of fused-ring (bicyclic) bond motifs is 1. The summed E-state index contributed by atoms with van der Waals surface area (Å²) in [6, 6.07) is 9.89. The molecule has 2 aromatic rings. The molecule has 0 radical (unpaired) electrons. The molecule has 20 heavy (non-hydrogen) atoms. The molecule has 4 nitrogen and oxygen atoms in total. The van der Waals surface area contributed by atoms with E-state index >= 15 is 0 Å². The molecule has 0 saturated heterocycles. The van der Waals surface area contributed by atoms with Crippen LogP contribution in [0.5, 0.6) is 0 Å². The summed E-state index contributed by atoms with van der Waals surface area (Å²) in [6.45, 7) is 5.27. The molecule has 106 valence electrons. The van der Waals surface area contributed by atoms with Crippen LogP contribution in [0.4, 0.5) is 0 Å². The van der Waals surface area contributed by atoms with E-state index in [1.54, 1.807) is 6.20 Å². The van der Waals surface area contributed by atoms with Crippen LogP contribution in [-0.2, 0) is 0 Å². The molecule has 0 aliphatic heterocycles. The predicted octanol–water partition coefficient (Wildman–Crippen LogP) is 2.43. The SMILES string of the molecule is CC(C)N(CCCN)C(=O)c1nccc2ccccc12. The van der Waals surface area contributed by atoms with Crippen molar-refractivity contribution in [3.05, 3.63) is 42.2 Å². The highest BCUT2D eigenvalue weighted by molar-refractivity contribution is 6.05. The molecule has 0 atom stereocenters. The fourth-order valence-electron chi connectivity index (χ4n) is 2.28. The number of carbonyl (C=O) groups excluding carboxylic acids is 1. The van der Waals surface area contributed by atoms with Gasteiger partial charge in [0.05, 0.1) is 0 Å². The molecule has 0 spiro atoms. The number of carbonyl (C=O) groups is 1. The Hall–Kier alpha value is -1.94. The molecule has 2 rings (SSSR count). The highest BCUT2D eigenvalue weighted by atomic mass is 16.2. The third-order valence-electron chi connectivity index (χ3n) is 3.36. The van der Waals surface area contributed by atoms with Crippen molar-refractivity contribution >= 4 is 16.7 Å². The molecule has 2 N–H and O–H groups in total. The average Bonchev–Trinajstić information content (AvgIpc) is 2.46. The standard InChI is InChI=1S/C16H21N3O/c1-12(2)19(11-5-9-17)16(20)15-14-7-4-3-6-13(14)8-10-18-15/h3-4,6-8,10,12H,5,9,11,17H2,1-2H3. The number of aromatic nitrogens is 1. The van der Waals surface area contributed by atoms with Gasteiger partial charge in [0.2, 0.25) is 0 Å². The third-order valence-corrected chi connectivity index (χ3v) is 3.36. The molecule has 0 bridgehead atoms. The first-order valence-electron chi connectivity index (χ1n) is 7.00. The van der Waals surface area contributed by atoms with Gasteiger partial charge in [-0.05, 0) is 38.3 Å². The highest BCUT2D eigenvalue weighted by Crippen LogP contribution is 2.18. The van der Waals surface area contributed by atoms with Crippen LogP contribution in [0.15, 0.2) is 36.5 Å². The van der Waals surface area contributed by atoms with Gasteiger partial charge in [0, 0.05) is 24.2 Å². The quantitative estimate of drug-likeness (QED) is 0.908. The number of nitrogens with zero attached hydrogens (tertiary/aromatic N) is 2. The van der Waals surface area contributed by atoms with E-state index in [9.17, 15) is 4.79 Å². The normalized spacial score (nSPS) is 11.0. The topological polar surface area (TPSA) is 59.2 Å². The van der Waals surface area contributed by atoms with Gasteiger partial charge < -0.3 is 10.6 Å². The van der Waals surface area contributed by atoms with Gasteiger partial charge in [-0.3, -0.25) is 9.78 Å². The summed E-state index contributed by atoms with van der Waals surface area (Å²) in [5.41, 5.74) is 6.07. The largest absolute Gasteiger partial charge is 0.335 e. The maximum atomic E-state index is 12.7. The number of hydrogen-bond donors (Lipinski definition) is 1. The molecule has 1 heterocycles. The van der Waals surface area contributed by atoms with Crippen molar-refractivity contribution in [2.24, 2.45) is 5.73 Å². The highest BCUT2D eigenvalue weighted by Gasteiger charge is 2.21. The Bertz CT molecular complexity index is 590. The van der Waals surface area contributed by atoms with Crippen LogP contribution in [0.1, 0.15) is 30.8 Å². The van der Waals surface area contributed by atoms with Crippen molar-refractivity contribution in [3.8, 4) is 0 Å². The van der Waals surface area contributed by atoms with Gasteiger partial charge in [-0.2, -0.15) is 0 Å². The summed E-state index contributed by atoms with van der Waals surface area (Å²) < 4.78 is 0. The van der Waals surface area contributed by atoms with E-state index in [0.717, 1.165) is 17.2 Å². The van der Waals surface area contributed by atoms with Gasteiger partial charge in [-0.25, -0.2) is 0 Å². The van der Waals surface area contributed by atoms with Gasteiger partial charge in [0.15, 0.2) is 0 Å². The second kappa shape index (κ2) is 6.48. The summed E-state index contributed by atoms with van der Waals surface area (Å²) in [5, 5.41) is 1.94. The van der Waals surface area contributed by atoms with E-state index < -0.39 is 0 Å². The Morgan fingerprint density at radius 3 is 2.75 bits per heavy atom. The first-order chi connectivity index (χ1) is 9.65. The van der Waals surface area contributed by atoms with Crippen molar-refractivity contribution < 1.29 is 4.79 Å². The Labute approximate surface area is 119 Å². The maximum absolute atomic E-state index is 12.7.